The van der Waals surface area contributed by atoms with Crippen molar-refractivity contribution in [3.8, 4) is 5.75 Å². The van der Waals surface area contributed by atoms with Gasteiger partial charge in [0.1, 0.15) is 11.6 Å². The maximum atomic E-state index is 12.7. The number of imidazole rings is 1. The summed E-state index contributed by atoms with van der Waals surface area (Å²) in [6, 6.07) is 14.8. The van der Waals surface area contributed by atoms with Crippen LogP contribution in [0.25, 0.3) is 11.0 Å². The Hall–Kier alpha value is -2.82. The number of amides is 1. The highest BCUT2D eigenvalue weighted by molar-refractivity contribution is 5.97. The number of carbonyl (C=O) groups is 1. The highest BCUT2D eigenvalue weighted by Gasteiger charge is 2.23. The average Bonchev–Trinajstić information content (AvgIpc) is 3.02. The van der Waals surface area contributed by atoms with Gasteiger partial charge in [-0.05, 0) is 30.2 Å². The number of benzene rings is 2. The molecule has 2 N–H and O–H groups in total. The van der Waals surface area contributed by atoms with Gasteiger partial charge in [-0.1, -0.05) is 38.1 Å². The minimum Gasteiger partial charge on any atom is -0.496 e. The van der Waals surface area contributed by atoms with E-state index in [9.17, 15) is 4.79 Å². The molecule has 2 aromatic carbocycles. The lowest BCUT2D eigenvalue weighted by Crippen LogP contribution is -2.32. The maximum Gasteiger partial charge on any atom is 0.255 e. The molecule has 0 fully saturated rings. The molecule has 1 aromatic heterocycles. The second-order valence-corrected chi connectivity index (χ2v) is 6.03. The molecule has 0 spiro atoms. The maximum absolute atomic E-state index is 12.7. The van der Waals surface area contributed by atoms with Crippen molar-refractivity contribution >= 4 is 16.9 Å². The van der Waals surface area contributed by atoms with Gasteiger partial charge in [-0.15, -0.1) is 0 Å². The van der Waals surface area contributed by atoms with Crippen molar-refractivity contribution in [1.82, 2.24) is 15.3 Å². The van der Waals surface area contributed by atoms with E-state index in [-0.39, 0.29) is 17.9 Å². The second-order valence-electron chi connectivity index (χ2n) is 6.03. The van der Waals surface area contributed by atoms with E-state index in [1.54, 1.807) is 19.2 Å². The monoisotopic (exact) mass is 323 g/mol. The Morgan fingerprint density at radius 3 is 2.54 bits per heavy atom. The first kappa shape index (κ1) is 16.1. The van der Waals surface area contributed by atoms with Gasteiger partial charge in [-0.2, -0.15) is 0 Å². The van der Waals surface area contributed by atoms with Gasteiger partial charge in [0.15, 0.2) is 0 Å². The average molecular weight is 323 g/mol. The third-order valence-electron chi connectivity index (χ3n) is 4.01. The summed E-state index contributed by atoms with van der Waals surface area (Å²) in [4.78, 5) is 20.6. The van der Waals surface area contributed by atoms with Crippen LogP contribution in [0.15, 0.2) is 48.5 Å². The predicted molar refractivity (Wildman–Crippen MR) is 94.1 cm³/mol. The van der Waals surface area contributed by atoms with Crippen LogP contribution in [0.5, 0.6) is 5.75 Å². The molecule has 3 aromatic rings. The number of fused-ring (bicyclic) bond motifs is 1. The van der Waals surface area contributed by atoms with Crippen molar-refractivity contribution in [3.05, 3.63) is 59.9 Å². The van der Waals surface area contributed by atoms with Gasteiger partial charge in [-0.25, -0.2) is 4.98 Å². The van der Waals surface area contributed by atoms with E-state index in [0.29, 0.717) is 11.3 Å². The number of hydrogen-bond donors (Lipinski definition) is 2. The van der Waals surface area contributed by atoms with Gasteiger partial charge in [0.25, 0.3) is 5.91 Å². The molecule has 5 nitrogen and oxygen atoms in total. The first-order valence-electron chi connectivity index (χ1n) is 7.98. The van der Waals surface area contributed by atoms with E-state index < -0.39 is 0 Å². The number of ether oxygens (including phenoxy) is 1. The Kier molecular flexibility index (Phi) is 4.51. The quantitative estimate of drug-likeness (QED) is 0.752. The SMILES string of the molecule is COc1ccccc1C(=O)NC(c1nc2ccccc2[nH]1)C(C)C. The zero-order valence-corrected chi connectivity index (χ0v) is 14.0. The molecule has 0 bridgehead atoms. The molecule has 0 aliphatic carbocycles. The number of rotatable bonds is 5. The fourth-order valence-electron chi connectivity index (χ4n) is 2.72. The van der Waals surface area contributed by atoms with Gasteiger partial charge in [0, 0.05) is 0 Å². The van der Waals surface area contributed by atoms with Crippen molar-refractivity contribution in [2.45, 2.75) is 19.9 Å². The number of aromatic amines is 1. The molecule has 0 saturated heterocycles. The number of nitrogens with one attached hydrogen (secondary N) is 2. The zero-order chi connectivity index (χ0) is 17.1. The normalized spacial score (nSPS) is 12.3. The van der Waals surface area contributed by atoms with E-state index in [2.05, 4.69) is 29.1 Å². The summed E-state index contributed by atoms with van der Waals surface area (Å²) < 4.78 is 5.28. The summed E-state index contributed by atoms with van der Waals surface area (Å²) in [6.07, 6.45) is 0. The molecule has 1 atom stereocenters. The minimum absolute atomic E-state index is 0.174. The van der Waals surface area contributed by atoms with Crippen LogP contribution in [0.2, 0.25) is 0 Å². The molecule has 24 heavy (non-hydrogen) atoms. The Balaban J connectivity index is 1.90. The van der Waals surface area contributed by atoms with Crippen LogP contribution in [-0.2, 0) is 0 Å². The molecule has 0 saturated carbocycles. The largest absolute Gasteiger partial charge is 0.496 e. The number of aromatic nitrogens is 2. The lowest BCUT2D eigenvalue weighted by atomic mass is 10.0. The van der Waals surface area contributed by atoms with Crippen LogP contribution < -0.4 is 10.1 Å². The molecule has 124 valence electrons. The van der Waals surface area contributed by atoms with Crippen molar-refractivity contribution < 1.29 is 9.53 Å². The zero-order valence-electron chi connectivity index (χ0n) is 14.0. The van der Waals surface area contributed by atoms with Gasteiger partial charge >= 0.3 is 0 Å². The van der Waals surface area contributed by atoms with Crippen molar-refractivity contribution in [3.63, 3.8) is 0 Å². The number of methoxy groups -OCH3 is 1. The van der Waals surface area contributed by atoms with E-state index in [4.69, 9.17) is 4.74 Å². The van der Waals surface area contributed by atoms with E-state index in [1.807, 2.05) is 36.4 Å². The van der Waals surface area contributed by atoms with Crippen molar-refractivity contribution in [2.24, 2.45) is 5.92 Å². The standard InChI is InChI=1S/C19H21N3O2/c1-12(2)17(18-20-14-9-5-6-10-15(14)21-18)22-19(23)13-8-4-7-11-16(13)24-3/h4-12,17H,1-3H3,(H,20,21)(H,22,23). The van der Waals surface area contributed by atoms with Crippen molar-refractivity contribution in [1.29, 1.82) is 0 Å². The Morgan fingerprint density at radius 1 is 1.12 bits per heavy atom. The lowest BCUT2D eigenvalue weighted by Gasteiger charge is -2.21. The summed E-state index contributed by atoms with van der Waals surface area (Å²) >= 11 is 0. The van der Waals surface area contributed by atoms with Crippen LogP contribution in [0.3, 0.4) is 0 Å². The third kappa shape index (κ3) is 3.11. The number of carbonyl (C=O) groups excluding carboxylic acids is 1. The van der Waals surface area contributed by atoms with Crippen molar-refractivity contribution in [2.75, 3.05) is 7.11 Å². The number of H-pyrrole nitrogens is 1. The Morgan fingerprint density at radius 2 is 1.83 bits per heavy atom. The van der Waals surface area contributed by atoms with Gasteiger partial charge in [0.2, 0.25) is 0 Å². The van der Waals surface area contributed by atoms with Crippen LogP contribution in [0.4, 0.5) is 0 Å². The third-order valence-corrected chi connectivity index (χ3v) is 4.01. The lowest BCUT2D eigenvalue weighted by molar-refractivity contribution is 0.0920. The topological polar surface area (TPSA) is 67.0 Å². The number of hydrogen-bond acceptors (Lipinski definition) is 3. The second kappa shape index (κ2) is 6.74. The summed E-state index contributed by atoms with van der Waals surface area (Å²) in [5, 5.41) is 3.07. The van der Waals surface area contributed by atoms with E-state index in [1.165, 1.54) is 0 Å². The van der Waals surface area contributed by atoms with Crippen LogP contribution in [0, 0.1) is 5.92 Å². The first-order chi connectivity index (χ1) is 11.6. The number of nitrogens with zero attached hydrogens (tertiary/aromatic N) is 1. The molecule has 5 heteroatoms. The predicted octanol–water partition coefficient (Wildman–Crippen LogP) is 3.70. The molecule has 1 amide bonds. The molecule has 1 unspecified atom stereocenters. The van der Waals surface area contributed by atoms with Gasteiger partial charge < -0.3 is 15.0 Å². The fourth-order valence-corrected chi connectivity index (χ4v) is 2.72. The van der Waals surface area contributed by atoms with Crippen LogP contribution in [0.1, 0.15) is 36.1 Å². The van der Waals surface area contributed by atoms with Crippen LogP contribution in [-0.4, -0.2) is 23.0 Å². The highest BCUT2D eigenvalue weighted by Crippen LogP contribution is 2.24. The highest BCUT2D eigenvalue weighted by atomic mass is 16.5. The minimum atomic E-state index is -0.213. The molecule has 0 aliphatic heterocycles. The summed E-state index contributed by atoms with van der Waals surface area (Å²) in [7, 11) is 1.56. The van der Waals surface area contributed by atoms with Crippen LogP contribution >= 0.6 is 0 Å². The summed E-state index contributed by atoms with van der Waals surface area (Å²) in [5.74, 6) is 1.33. The summed E-state index contributed by atoms with van der Waals surface area (Å²) in [6.45, 7) is 4.11. The smallest absolute Gasteiger partial charge is 0.255 e. The molecule has 3 rings (SSSR count). The molecular weight excluding hydrogens is 302 g/mol. The van der Waals surface area contributed by atoms with Gasteiger partial charge in [-0.3, -0.25) is 4.79 Å². The van der Waals surface area contributed by atoms with E-state index >= 15 is 0 Å². The fraction of sp³-hybridized carbons (Fsp3) is 0.263. The molecule has 1 heterocycles. The molecule has 0 radical (unpaired) electrons. The van der Waals surface area contributed by atoms with E-state index in [0.717, 1.165) is 16.9 Å². The van der Waals surface area contributed by atoms with Gasteiger partial charge in [0.05, 0.1) is 29.7 Å². The number of para-hydroxylation sites is 3. The Labute approximate surface area is 141 Å². The molecule has 0 aliphatic rings. The Bertz CT molecular complexity index is 821. The first-order valence-corrected chi connectivity index (χ1v) is 7.98. The molecular formula is C19H21N3O2. The summed E-state index contributed by atoms with van der Waals surface area (Å²) in [5.41, 5.74) is 2.37.